The van der Waals surface area contributed by atoms with Gasteiger partial charge in [0.05, 0.1) is 5.69 Å². The zero-order valence-corrected chi connectivity index (χ0v) is 13.0. The van der Waals surface area contributed by atoms with E-state index >= 15 is 0 Å². The summed E-state index contributed by atoms with van der Waals surface area (Å²) in [6.07, 6.45) is 7.07. The van der Waals surface area contributed by atoms with Crippen molar-refractivity contribution in [3.8, 4) is 0 Å². The van der Waals surface area contributed by atoms with Gasteiger partial charge in [-0.05, 0) is 45.1 Å². The molecule has 1 heterocycles. The van der Waals surface area contributed by atoms with Crippen molar-refractivity contribution in [3.63, 3.8) is 0 Å². The average Bonchev–Trinajstić information content (AvgIpc) is 2.66. The first-order valence-corrected chi connectivity index (χ1v) is 7.81. The van der Waals surface area contributed by atoms with Crippen molar-refractivity contribution >= 4 is 0 Å². The predicted molar refractivity (Wildman–Crippen MR) is 80.1 cm³/mol. The maximum absolute atomic E-state index is 4.47. The van der Waals surface area contributed by atoms with Gasteiger partial charge in [-0.3, -0.25) is 4.68 Å². The minimum absolute atomic E-state index is 0.889. The predicted octanol–water partition coefficient (Wildman–Crippen LogP) is 3.34. The van der Waals surface area contributed by atoms with Crippen LogP contribution in [0.2, 0.25) is 0 Å². The maximum Gasteiger partial charge on any atom is 0.0641 e. The molecule has 2 rings (SSSR count). The Morgan fingerprint density at radius 1 is 1.16 bits per heavy atom. The molecule has 3 heteroatoms. The van der Waals surface area contributed by atoms with Crippen LogP contribution in [0.3, 0.4) is 0 Å². The summed E-state index contributed by atoms with van der Waals surface area (Å²) >= 11 is 0. The van der Waals surface area contributed by atoms with Gasteiger partial charge in [-0.2, -0.15) is 5.10 Å². The lowest BCUT2D eigenvalue weighted by Gasteiger charge is -2.27. The minimum atomic E-state index is 0.889. The molecule has 1 aromatic heterocycles. The topological polar surface area (TPSA) is 29.9 Å². The van der Waals surface area contributed by atoms with E-state index < -0.39 is 0 Å². The van der Waals surface area contributed by atoms with Crippen LogP contribution in [0.25, 0.3) is 0 Å². The van der Waals surface area contributed by atoms with E-state index in [0.29, 0.717) is 0 Å². The number of nitrogens with zero attached hydrogens (tertiary/aromatic N) is 2. The molecule has 0 radical (unpaired) electrons. The zero-order valence-electron chi connectivity index (χ0n) is 13.0. The van der Waals surface area contributed by atoms with E-state index in [1.54, 1.807) is 0 Å². The van der Waals surface area contributed by atoms with Gasteiger partial charge in [0, 0.05) is 24.8 Å². The quantitative estimate of drug-likeness (QED) is 0.883. The van der Waals surface area contributed by atoms with Crippen LogP contribution in [-0.2, 0) is 13.6 Å². The third-order valence-electron chi connectivity index (χ3n) is 4.94. The Balaban J connectivity index is 1.75. The van der Waals surface area contributed by atoms with Crippen molar-refractivity contribution in [3.05, 3.63) is 17.0 Å². The lowest BCUT2D eigenvalue weighted by Crippen LogP contribution is -2.26. The molecule has 0 aliphatic heterocycles. The normalized spacial score (nSPS) is 23.8. The van der Waals surface area contributed by atoms with Gasteiger partial charge in [-0.25, -0.2) is 0 Å². The van der Waals surface area contributed by atoms with Crippen LogP contribution < -0.4 is 5.32 Å². The van der Waals surface area contributed by atoms with Gasteiger partial charge in [0.2, 0.25) is 0 Å². The SMILES string of the molecule is CCC1CCC(CNCc2c(C)nn(C)c2C)CC1. The van der Waals surface area contributed by atoms with Gasteiger partial charge in [-0.15, -0.1) is 0 Å². The molecule has 0 bridgehead atoms. The van der Waals surface area contributed by atoms with E-state index in [0.717, 1.165) is 18.4 Å². The number of nitrogens with one attached hydrogen (secondary N) is 1. The van der Waals surface area contributed by atoms with Gasteiger partial charge in [0.25, 0.3) is 0 Å². The first-order valence-electron chi connectivity index (χ1n) is 7.81. The monoisotopic (exact) mass is 263 g/mol. The Morgan fingerprint density at radius 3 is 2.32 bits per heavy atom. The van der Waals surface area contributed by atoms with Crippen LogP contribution in [0, 0.1) is 25.7 Å². The number of hydrogen-bond acceptors (Lipinski definition) is 2. The fourth-order valence-electron chi connectivity index (χ4n) is 3.32. The molecule has 0 amide bonds. The molecule has 0 aromatic carbocycles. The third kappa shape index (κ3) is 3.59. The summed E-state index contributed by atoms with van der Waals surface area (Å²) < 4.78 is 1.98. The van der Waals surface area contributed by atoms with Gasteiger partial charge in [-0.1, -0.05) is 26.2 Å². The van der Waals surface area contributed by atoms with E-state index in [-0.39, 0.29) is 0 Å². The molecule has 108 valence electrons. The highest BCUT2D eigenvalue weighted by molar-refractivity contribution is 5.23. The second-order valence-corrected chi connectivity index (χ2v) is 6.20. The van der Waals surface area contributed by atoms with Gasteiger partial charge < -0.3 is 5.32 Å². The molecule has 0 atom stereocenters. The summed E-state index contributed by atoms with van der Waals surface area (Å²) in [6, 6.07) is 0. The summed E-state index contributed by atoms with van der Waals surface area (Å²) in [4.78, 5) is 0. The van der Waals surface area contributed by atoms with Crippen LogP contribution >= 0.6 is 0 Å². The van der Waals surface area contributed by atoms with Crippen molar-refractivity contribution in [1.82, 2.24) is 15.1 Å². The summed E-state index contributed by atoms with van der Waals surface area (Å²) in [5, 5.41) is 8.12. The molecule has 1 fully saturated rings. The van der Waals surface area contributed by atoms with E-state index in [1.807, 2.05) is 11.7 Å². The summed E-state index contributed by atoms with van der Waals surface area (Å²) in [5.74, 6) is 1.89. The molecule has 1 saturated carbocycles. The molecule has 0 saturated heterocycles. The van der Waals surface area contributed by atoms with Crippen molar-refractivity contribution in [2.24, 2.45) is 18.9 Å². The lowest BCUT2D eigenvalue weighted by molar-refractivity contribution is 0.262. The Morgan fingerprint density at radius 2 is 1.79 bits per heavy atom. The van der Waals surface area contributed by atoms with Crippen LogP contribution in [0.5, 0.6) is 0 Å². The molecule has 1 aromatic rings. The second-order valence-electron chi connectivity index (χ2n) is 6.20. The van der Waals surface area contributed by atoms with Gasteiger partial charge in [0.1, 0.15) is 0 Å². The molecule has 1 N–H and O–H groups in total. The molecule has 0 unspecified atom stereocenters. The van der Waals surface area contributed by atoms with Gasteiger partial charge >= 0.3 is 0 Å². The van der Waals surface area contributed by atoms with Gasteiger partial charge in [0.15, 0.2) is 0 Å². The standard InChI is InChI=1S/C16H29N3/c1-5-14-6-8-15(9-7-14)10-17-11-16-12(2)18-19(4)13(16)3/h14-15,17H,5-11H2,1-4H3. The third-order valence-corrected chi connectivity index (χ3v) is 4.94. The average molecular weight is 263 g/mol. The van der Waals surface area contributed by atoms with Crippen molar-refractivity contribution in [1.29, 1.82) is 0 Å². The minimum Gasteiger partial charge on any atom is -0.312 e. The van der Waals surface area contributed by atoms with E-state index in [4.69, 9.17) is 0 Å². The van der Waals surface area contributed by atoms with E-state index in [2.05, 4.69) is 31.2 Å². The number of hydrogen-bond donors (Lipinski definition) is 1. The first-order chi connectivity index (χ1) is 9.11. The van der Waals surface area contributed by atoms with Crippen molar-refractivity contribution < 1.29 is 0 Å². The lowest BCUT2D eigenvalue weighted by atomic mass is 9.81. The molecule has 0 spiro atoms. The summed E-state index contributed by atoms with van der Waals surface area (Å²) in [5.41, 5.74) is 3.84. The highest BCUT2D eigenvalue weighted by Gasteiger charge is 2.19. The zero-order chi connectivity index (χ0) is 13.8. The molecular weight excluding hydrogens is 234 g/mol. The van der Waals surface area contributed by atoms with Crippen LogP contribution in [-0.4, -0.2) is 16.3 Å². The Bertz CT molecular complexity index is 400. The Hall–Kier alpha value is -0.830. The molecular formula is C16H29N3. The van der Waals surface area contributed by atoms with Crippen molar-refractivity contribution in [2.75, 3.05) is 6.54 Å². The Kier molecular flexibility index (Phi) is 5.03. The van der Waals surface area contributed by atoms with Crippen LogP contribution in [0.1, 0.15) is 56.0 Å². The number of aromatic nitrogens is 2. The molecule has 3 nitrogen and oxygen atoms in total. The molecule has 1 aliphatic carbocycles. The number of aryl methyl sites for hydroxylation is 2. The molecule has 19 heavy (non-hydrogen) atoms. The van der Waals surface area contributed by atoms with E-state index in [1.165, 1.54) is 55.6 Å². The molecule has 1 aliphatic rings. The largest absolute Gasteiger partial charge is 0.312 e. The summed E-state index contributed by atoms with van der Waals surface area (Å²) in [6.45, 7) is 8.74. The highest BCUT2D eigenvalue weighted by atomic mass is 15.3. The van der Waals surface area contributed by atoms with Crippen LogP contribution in [0.4, 0.5) is 0 Å². The number of rotatable bonds is 5. The summed E-state index contributed by atoms with van der Waals surface area (Å²) in [7, 11) is 2.03. The maximum atomic E-state index is 4.47. The highest BCUT2D eigenvalue weighted by Crippen LogP contribution is 2.30. The first kappa shape index (κ1) is 14.6. The van der Waals surface area contributed by atoms with Crippen molar-refractivity contribution in [2.45, 2.75) is 59.4 Å². The van der Waals surface area contributed by atoms with Crippen LogP contribution in [0.15, 0.2) is 0 Å². The van der Waals surface area contributed by atoms with E-state index in [9.17, 15) is 0 Å². The fourth-order valence-corrected chi connectivity index (χ4v) is 3.32. The Labute approximate surface area is 117 Å². The smallest absolute Gasteiger partial charge is 0.0641 e. The second kappa shape index (κ2) is 6.56. The fraction of sp³-hybridized carbons (Fsp3) is 0.812.